The average Bonchev–Trinajstić information content (AvgIpc) is 2.18. The Morgan fingerprint density at radius 1 is 1.50 bits per heavy atom. The number of hydrogen-bond donors (Lipinski definition) is 0. The van der Waals surface area contributed by atoms with Gasteiger partial charge in [0, 0.05) is 6.54 Å². The second kappa shape index (κ2) is 7.35. The lowest BCUT2D eigenvalue weighted by Gasteiger charge is -2.23. The van der Waals surface area contributed by atoms with Crippen LogP contribution in [0.15, 0.2) is 0 Å². The number of hydrogen-bond acceptors (Lipinski definition) is 3. The lowest BCUT2D eigenvalue weighted by molar-refractivity contribution is 0.101. The maximum Gasteiger partial charge on any atom is 0.410 e. The first kappa shape index (κ1) is 12.9. The fourth-order valence-electron chi connectivity index (χ4n) is 1.04. The smallest absolute Gasteiger partial charge is 0.410 e. The van der Waals surface area contributed by atoms with E-state index in [0.29, 0.717) is 13.2 Å². The molecule has 0 saturated heterocycles. The molecule has 1 amide bonds. The number of nitrogens with zero attached hydrogens (tertiary/aromatic N) is 1. The van der Waals surface area contributed by atoms with Crippen LogP contribution in [0.1, 0.15) is 33.6 Å². The monoisotopic (exact) mass is 200 g/mol. The average molecular weight is 200 g/mol. The van der Waals surface area contributed by atoms with Gasteiger partial charge in [0.2, 0.25) is 6.29 Å². The molecule has 0 aliphatic heterocycles. The van der Waals surface area contributed by atoms with E-state index in [1.807, 2.05) is 6.92 Å². The van der Waals surface area contributed by atoms with E-state index in [-0.39, 0.29) is 0 Å². The zero-order valence-corrected chi connectivity index (χ0v) is 9.08. The predicted octanol–water partition coefficient (Wildman–Crippen LogP) is 1.74. The largest absolute Gasteiger partial charge is 0.450 e. The molecular formula is C10H18NO3. The summed E-state index contributed by atoms with van der Waals surface area (Å²) >= 11 is 0. The number of rotatable bonds is 6. The number of ether oxygens (including phenoxy) is 1. The minimum atomic E-state index is -0.527. The predicted molar refractivity (Wildman–Crippen MR) is 53.8 cm³/mol. The van der Waals surface area contributed by atoms with Gasteiger partial charge in [-0.2, -0.15) is 0 Å². The summed E-state index contributed by atoms with van der Waals surface area (Å²) in [5, 5.41) is 0. The maximum absolute atomic E-state index is 11.4. The van der Waals surface area contributed by atoms with E-state index in [1.54, 1.807) is 20.1 Å². The van der Waals surface area contributed by atoms with Crippen LogP contribution in [-0.2, 0) is 9.53 Å². The molecule has 0 aliphatic carbocycles. The van der Waals surface area contributed by atoms with Gasteiger partial charge in [-0.1, -0.05) is 13.3 Å². The summed E-state index contributed by atoms with van der Waals surface area (Å²) in [5.41, 5.74) is 0. The van der Waals surface area contributed by atoms with Crippen molar-refractivity contribution in [3.8, 4) is 0 Å². The van der Waals surface area contributed by atoms with Gasteiger partial charge in [-0.3, -0.25) is 9.69 Å². The van der Waals surface area contributed by atoms with E-state index in [0.717, 1.165) is 12.8 Å². The van der Waals surface area contributed by atoms with Crippen molar-refractivity contribution < 1.29 is 14.3 Å². The highest BCUT2D eigenvalue weighted by atomic mass is 16.6. The van der Waals surface area contributed by atoms with E-state index in [2.05, 4.69) is 0 Å². The third-order valence-electron chi connectivity index (χ3n) is 1.89. The zero-order valence-electron chi connectivity index (χ0n) is 9.08. The molecule has 81 valence electrons. The van der Waals surface area contributed by atoms with Crippen molar-refractivity contribution in [2.45, 2.75) is 39.7 Å². The second-order valence-electron chi connectivity index (χ2n) is 3.04. The highest BCUT2D eigenvalue weighted by molar-refractivity contribution is 5.73. The van der Waals surface area contributed by atoms with E-state index >= 15 is 0 Å². The van der Waals surface area contributed by atoms with Crippen molar-refractivity contribution in [1.82, 2.24) is 4.90 Å². The Morgan fingerprint density at radius 3 is 2.57 bits per heavy atom. The van der Waals surface area contributed by atoms with Crippen molar-refractivity contribution in [1.29, 1.82) is 0 Å². The molecule has 0 saturated carbocycles. The van der Waals surface area contributed by atoms with Crippen LogP contribution in [0.4, 0.5) is 4.79 Å². The minimum Gasteiger partial charge on any atom is -0.450 e. The number of carbonyl (C=O) groups is 1. The fraction of sp³-hybridized carbons (Fsp3) is 0.800. The summed E-state index contributed by atoms with van der Waals surface area (Å²) in [5.74, 6) is 0. The van der Waals surface area contributed by atoms with Crippen LogP contribution in [-0.4, -0.2) is 36.5 Å². The van der Waals surface area contributed by atoms with Crippen molar-refractivity contribution in [3.63, 3.8) is 0 Å². The molecule has 0 N–H and O–H groups in total. The Balaban J connectivity index is 4.21. The van der Waals surface area contributed by atoms with E-state index in [9.17, 15) is 9.59 Å². The van der Waals surface area contributed by atoms with Gasteiger partial charge in [0.05, 0.1) is 12.6 Å². The fourth-order valence-corrected chi connectivity index (χ4v) is 1.04. The molecule has 1 radical (unpaired) electrons. The molecule has 0 aromatic rings. The molecule has 0 aromatic carbocycles. The molecule has 0 heterocycles. The quantitative estimate of drug-likeness (QED) is 0.656. The molecule has 0 unspecified atom stereocenters. The first-order chi connectivity index (χ1) is 6.67. The van der Waals surface area contributed by atoms with Gasteiger partial charge in [-0.05, 0) is 20.3 Å². The van der Waals surface area contributed by atoms with Crippen molar-refractivity contribution in [3.05, 3.63) is 0 Å². The first-order valence-electron chi connectivity index (χ1n) is 4.98. The lowest BCUT2D eigenvalue weighted by Crippen LogP contribution is -2.40. The Hall–Kier alpha value is -1.06. The standard InChI is InChI=1S/C10H18NO3/c1-4-6-7-11(9(3)8-12)10(13)14-5-2/h9H,4-7H2,1-3H3/t9-/m0/s1. The third kappa shape index (κ3) is 4.25. The van der Waals surface area contributed by atoms with Crippen LogP contribution in [0.3, 0.4) is 0 Å². The van der Waals surface area contributed by atoms with Gasteiger partial charge in [0.15, 0.2) is 0 Å². The minimum absolute atomic E-state index is 0.326. The summed E-state index contributed by atoms with van der Waals surface area (Å²) in [6, 6.07) is -0.527. The normalized spacial score (nSPS) is 11.9. The van der Waals surface area contributed by atoms with E-state index in [1.165, 1.54) is 4.90 Å². The van der Waals surface area contributed by atoms with Gasteiger partial charge in [-0.15, -0.1) is 0 Å². The van der Waals surface area contributed by atoms with Crippen LogP contribution < -0.4 is 0 Å². The summed E-state index contributed by atoms with van der Waals surface area (Å²) in [6.45, 7) is 6.28. The molecule has 0 spiro atoms. The Labute approximate surface area is 85.2 Å². The Kier molecular flexibility index (Phi) is 6.80. The highest BCUT2D eigenvalue weighted by Crippen LogP contribution is 2.03. The Morgan fingerprint density at radius 2 is 2.14 bits per heavy atom. The van der Waals surface area contributed by atoms with Crippen LogP contribution >= 0.6 is 0 Å². The summed E-state index contributed by atoms with van der Waals surface area (Å²) in [6.07, 6.45) is 3.19. The topological polar surface area (TPSA) is 46.6 Å². The van der Waals surface area contributed by atoms with E-state index < -0.39 is 12.1 Å². The van der Waals surface area contributed by atoms with Gasteiger partial charge in [0.25, 0.3) is 0 Å². The zero-order chi connectivity index (χ0) is 11.0. The molecular weight excluding hydrogens is 182 g/mol. The SMILES string of the molecule is CCCCN(C(=O)OCC)[C@@H](C)[C]=O. The van der Waals surface area contributed by atoms with Crippen LogP contribution in [0.25, 0.3) is 0 Å². The molecule has 4 heteroatoms. The van der Waals surface area contributed by atoms with Gasteiger partial charge < -0.3 is 4.74 Å². The molecule has 0 fully saturated rings. The Bertz CT molecular complexity index is 182. The van der Waals surface area contributed by atoms with Gasteiger partial charge in [-0.25, -0.2) is 4.79 Å². The highest BCUT2D eigenvalue weighted by Gasteiger charge is 2.20. The van der Waals surface area contributed by atoms with Gasteiger partial charge >= 0.3 is 6.09 Å². The van der Waals surface area contributed by atoms with Crippen molar-refractivity contribution in [2.75, 3.05) is 13.2 Å². The number of unbranched alkanes of at least 4 members (excludes halogenated alkanes) is 1. The summed E-state index contributed by atoms with van der Waals surface area (Å²) in [4.78, 5) is 23.2. The molecule has 0 bridgehead atoms. The van der Waals surface area contributed by atoms with E-state index in [4.69, 9.17) is 4.74 Å². The summed E-state index contributed by atoms with van der Waals surface area (Å²) in [7, 11) is 0. The third-order valence-corrected chi connectivity index (χ3v) is 1.89. The molecule has 0 aromatic heterocycles. The van der Waals surface area contributed by atoms with Crippen LogP contribution in [0, 0.1) is 0 Å². The van der Waals surface area contributed by atoms with Gasteiger partial charge in [0.1, 0.15) is 0 Å². The maximum atomic E-state index is 11.4. The van der Waals surface area contributed by atoms with Crippen LogP contribution in [0.2, 0.25) is 0 Å². The summed E-state index contributed by atoms with van der Waals surface area (Å²) < 4.78 is 4.83. The molecule has 4 nitrogen and oxygen atoms in total. The molecule has 1 atom stereocenters. The van der Waals surface area contributed by atoms with Crippen molar-refractivity contribution in [2.24, 2.45) is 0 Å². The van der Waals surface area contributed by atoms with Crippen molar-refractivity contribution >= 4 is 12.4 Å². The van der Waals surface area contributed by atoms with Crippen LogP contribution in [0.5, 0.6) is 0 Å². The second-order valence-corrected chi connectivity index (χ2v) is 3.04. The molecule has 0 rings (SSSR count). The molecule has 0 aliphatic rings. The molecule has 14 heavy (non-hydrogen) atoms. The lowest BCUT2D eigenvalue weighted by atomic mass is 10.2. The number of amides is 1. The number of carbonyl (C=O) groups excluding carboxylic acids is 2. The first-order valence-corrected chi connectivity index (χ1v) is 4.98.